The first-order valence-corrected chi connectivity index (χ1v) is 6.48. The fraction of sp³-hybridized carbons (Fsp3) is 0. The van der Waals surface area contributed by atoms with Crippen LogP contribution >= 0.6 is 34.9 Å². The molecule has 2 rings (SSSR count). The number of hydrogen-bond acceptors (Lipinski definition) is 6. The number of ether oxygens (including phenoxy) is 1. The summed E-state index contributed by atoms with van der Waals surface area (Å²) < 4.78 is 12.4. The fourth-order valence-corrected chi connectivity index (χ4v) is 2.59. The number of benzene rings is 1. The molecule has 0 unspecified atom stereocenters. The van der Waals surface area contributed by atoms with Crippen LogP contribution in [0.1, 0.15) is 10.4 Å². The number of amides is 2. The topological polar surface area (TPSA) is 121 Å². The lowest BCUT2D eigenvalue weighted by molar-refractivity contribution is 0.100. The van der Waals surface area contributed by atoms with Gasteiger partial charge in [-0.1, -0.05) is 23.2 Å². The summed E-state index contributed by atoms with van der Waals surface area (Å²) in [5.41, 5.74) is 10.5. The van der Waals surface area contributed by atoms with Crippen molar-refractivity contribution in [1.82, 2.24) is 8.75 Å². The molecular weight excluding hydrogens is 327 g/mol. The summed E-state index contributed by atoms with van der Waals surface area (Å²) in [4.78, 5) is 22.1. The zero-order valence-corrected chi connectivity index (χ0v) is 11.9. The monoisotopic (exact) mass is 332 g/mol. The van der Waals surface area contributed by atoms with Crippen LogP contribution in [0, 0.1) is 0 Å². The Balaban J connectivity index is 2.64. The molecular formula is C10H6Cl2N4O3S. The number of rotatable bonds is 3. The van der Waals surface area contributed by atoms with Crippen molar-refractivity contribution < 1.29 is 14.3 Å². The second-order valence-electron chi connectivity index (χ2n) is 3.49. The number of nitrogens with zero attached hydrogens (tertiary/aromatic N) is 2. The van der Waals surface area contributed by atoms with Crippen molar-refractivity contribution in [3.05, 3.63) is 27.7 Å². The van der Waals surface area contributed by atoms with Crippen molar-refractivity contribution in [2.75, 3.05) is 0 Å². The van der Waals surface area contributed by atoms with Crippen molar-refractivity contribution in [2.24, 2.45) is 11.5 Å². The van der Waals surface area contributed by atoms with Crippen LogP contribution in [0.15, 0.2) is 12.1 Å². The van der Waals surface area contributed by atoms with Crippen molar-refractivity contribution >= 4 is 46.9 Å². The molecule has 2 aromatic rings. The minimum absolute atomic E-state index is 0.00739. The summed E-state index contributed by atoms with van der Waals surface area (Å²) in [7, 11) is 0. The minimum Gasteiger partial charge on any atom is -0.388 e. The van der Waals surface area contributed by atoms with Gasteiger partial charge in [0, 0.05) is 5.56 Å². The molecule has 0 saturated carbocycles. The number of carbonyl (C=O) groups excluding carboxylic acids is 2. The van der Waals surface area contributed by atoms with Gasteiger partial charge in [0.15, 0.2) is 5.69 Å². The van der Waals surface area contributed by atoms with Crippen LogP contribution in [-0.4, -0.2) is 20.7 Å². The number of aromatic nitrogens is 2. The third kappa shape index (κ3) is 2.67. The van der Waals surface area contributed by atoms with Crippen molar-refractivity contribution in [3.8, 4) is 17.1 Å². The van der Waals surface area contributed by atoms with Gasteiger partial charge in [0.05, 0.1) is 27.3 Å². The van der Waals surface area contributed by atoms with Gasteiger partial charge >= 0.3 is 6.09 Å². The smallest absolute Gasteiger partial charge is 0.388 e. The highest BCUT2D eigenvalue weighted by molar-refractivity contribution is 6.99. The van der Waals surface area contributed by atoms with E-state index < -0.39 is 12.0 Å². The van der Waals surface area contributed by atoms with Gasteiger partial charge in [-0.15, -0.1) is 4.37 Å². The maximum atomic E-state index is 11.3. The van der Waals surface area contributed by atoms with Crippen LogP contribution < -0.4 is 16.2 Å². The van der Waals surface area contributed by atoms with Gasteiger partial charge in [0.2, 0.25) is 5.91 Å². The highest BCUT2D eigenvalue weighted by Crippen LogP contribution is 2.40. The summed E-state index contributed by atoms with van der Waals surface area (Å²) in [5, 5.41) is 0.189. The van der Waals surface area contributed by atoms with Gasteiger partial charge in [-0.2, -0.15) is 4.37 Å². The molecule has 0 aliphatic rings. The van der Waals surface area contributed by atoms with Crippen LogP contribution in [0.25, 0.3) is 11.3 Å². The average Bonchev–Trinajstić information content (AvgIpc) is 2.76. The van der Waals surface area contributed by atoms with Gasteiger partial charge < -0.3 is 16.2 Å². The zero-order valence-electron chi connectivity index (χ0n) is 9.59. The lowest BCUT2D eigenvalue weighted by Gasteiger charge is -2.08. The van der Waals surface area contributed by atoms with E-state index in [4.69, 9.17) is 39.4 Å². The Morgan fingerprint density at radius 1 is 1.20 bits per heavy atom. The largest absolute Gasteiger partial charge is 0.411 e. The molecule has 0 bridgehead atoms. The molecule has 1 aromatic carbocycles. The summed E-state index contributed by atoms with van der Waals surface area (Å²) in [6.45, 7) is 0. The number of nitrogens with two attached hydrogens (primary N) is 2. The Kier molecular flexibility index (Phi) is 4.07. The first-order chi connectivity index (χ1) is 9.41. The lowest BCUT2D eigenvalue weighted by atomic mass is 10.1. The van der Waals surface area contributed by atoms with E-state index in [1.54, 1.807) is 0 Å². The van der Waals surface area contributed by atoms with Crippen LogP contribution in [0.2, 0.25) is 10.0 Å². The van der Waals surface area contributed by atoms with Crippen LogP contribution in [-0.2, 0) is 0 Å². The molecule has 0 spiro atoms. The van der Waals surface area contributed by atoms with E-state index in [0.717, 1.165) is 11.7 Å². The first-order valence-electron chi connectivity index (χ1n) is 4.99. The quantitative estimate of drug-likeness (QED) is 0.890. The Hall–Kier alpha value is -1.90. The third-order valence-corrected chi connectivity index (χ3v) is 3.47. The Morgan fingerprint density at radius 3 is 2.50 bits per heavy atom. The molecule has 1 heterocycles. The fourth-order valence-electron chi connectivity index (χ4n) is 1.46. The summed E-state index contributed by atoms with van der Waals surface area (Å²) in [6.07, 6.45) is -1.06. The third-order valence-electron chi connectivity index (χ3n) is 2.25. The standard InChI is InChI=1S/C10H6Cl2N4O3S/c11-4-2-1-3(8(13)17)6(12)5(4)7-9(16-20-15-7)19-10(14)18/h1-2H,(H2,13,17)(H2,14,18). The highest BCUT2D eigenvalue weighted by Gasteiger charge is 2.22. The van der Waals surface area contributed by atoms with E-state index >= 15 is 0 Å². The van der Waals surface area contributed by atoms with E-state index in [1.165, 1.54) is 12.1 Å². The maximum absolute atomic E-state index is 11.3. The molecule has 20 heavy (non-hydrogen) atoms. The average molecular weight is 333 g/mol. The van der Waals surface area contributed by atoms with Gasteiger partial charge in [0.1, 0.15) is 0 Å². The molecule has 0 saturated heterocycles. The Labute approximate surface area is 126 Å². The van der Waals surface area contributed by atoms with Gasteiger partial charge in [-0.25, -0.2) is 4.79 Å². The minimum atomic E-state index is -1.06. The number of halogens is 2. The summed E-state index contributed by atoms with van der Waals surface area (Å²) in [6, 6.07) is 2.81. The van der Waals surface area contributed by atoms with Crippen molar-refractivity contribution in [3.63, 3.8) is 0 Å². The lowest BCUT2D eigenvalue weighted by Crippen LogP contribution is -2.17. The van der Waals surface area contributed by atoms with Crippen LogP contribution in [0.4, 0.5) is 4.79 Å². The van der Waals surface area contributed by atoms with E-state index in [0.29, 0.717) is 0 Å². The highest BCUT2D eigenvalue weighted by atomic mass is 35.5. The molecule has 0 atom stereocenters. The zero-order chi connectivity index (χ0) is 14.9. The van der Waals surface area contributed by atoms with E-state index in [1.807, 2.05) is 0 Å². The van der Waals surface area contributed by atoms with Gasteiger partial charge in [-0.05, 0) is 12.1 Å². The molecule has 1 aromatic heterocycles. The SMILES string of the molecule is NC(=O)Oc1nsnc1-c1c(Cl)ccc(C(N)=O)c1Cl. The molecule has 0 aliphatic carbocycles. The molecule has 2 amide bonds. The molecule has 7 nitrogen and oxygen atoms in total. The Bertz CT molecular complexity index is 704. The number of primary amides is 2. The van der Waals surface area contributed by atoms with Crippen LogP contribution in [0.5, 0.6) is 5.88 Å². The molecule has 104 valence electrons. The molecule has 0 radical (unpaired) electrons. The van der Waals surface area contributed by atoms with E-state index in [2.05, 4.69) is 8.75 Å². The van der Waals surface area contributed by atoms with Gasteiger partial charge in [-0.3, -0.25) is 4.79 Å². The molecule has 0 fully saturated rings. The second-order valence-corrected chi connectivity index (χ2v) is 4.80. The van der Waals surface area contributed by atoms with Crippen LogP contribution in [0.3, 0.4) is 0 Å². The molecule has 10 heteroatoms. The summed E-state index contributed by atoms with van der Waals surface area (Å²) in [5.74, 6) is -0.874. The van der Waals surface area contributed by atoms with Gasteiger partial charge in [0.25, 0.3) is 5.88 Å². The predicted molar refractivity (Wildman–Crippen MR) is 74.1 cm³/mol. The Morgan fingerprint density at radius 2 is 1.90 bits per heavy atom. The first kappa shape index (κ1) is 14.5. The summed E-state index contributed by atoms with van der Waals surface area (Å²) >= 11 is 12.9. The van der Waals surface area contributed by atoms with Crippen molar-refractivity contribution in [1.29, 1.82) is 0 Å². The number of carbonyl (C=O) groups is 2. The molecule has 4 N–H and O–H groups in total. The molecule has 0 aliphatic heterocycles. The maximum Gasteiger partial charge on any atom is 0.411 e. The second kappa shape index (κ2) is 5.61. The van der Waals surface area contributed by atoms with E-state index in [9.17, 15) is 9.59 Å². The number of hydrogen-bond donors (Lipinski definition) is 2. The van der Waals surface area contributed by atoms with E-state index in [-0.39, 0.29) is 32.7 Å². The predicted octanol–water partition coefficient (Wildman–Crippen LogP) is 2.07. The van der Waals surface area contributed by atoms with Crippen molar-refractivity contribution in [2.45, 2.75) is 0 Å². The normalized spacial score (nSPS) is 10.3.